The average Bonchev–Trinajstić information content (AvgIpc) is 2.67. The maximum absolute atomic E-state index is 11.1. The van der Waals surface area contributed by atoms with Gasteiger partial charge in [-0.1, -0.05) is 23.2 Å². The first-order valence-electron chi connectivity index (χ1n) is 8.87. The van der Waals surface area contributed by atoms with Crippen molar-refractivity contribution in [3.8, 4) is 0 Å². The zero-order chi connectivity index (χ0) is 21.6. The second-order valence-electron chi connectivity index (χ2n) is 6.16. The molecule has 1 aliphatic rings. The first kappa shape index (κ1) is 24.3. The minimum Gasteiger partial charge on any atom is -0.619 e. The largest absolute Gasteiger partial charge is 0.619 e. The fraction of sp³-hybridized carbons (Fsp3) is 0.444. The van der Waals surface area contributed by atoms with E-state index in [2.05, 4.69) is 10.1 Å². The minimum atomic E-state index is -1.26. The average molecular weight is 430 g/mol. The van der Waals surface area contributed by atoms with E-state index in [1.165, 1.54) is 31.7 Å². The number of piperidine rings is 1. The van der Waals surface area contributed by atoms with Gasteiger partial charge in [-0.2, -0.15) is 4.73 Å². The highest BCUT2D eigenvalue weighted by Gasteiger charge is 2.15. The highest BCUT2D eigenvalue weighted by molar-refractivity contribution is 6.69. The smallest absolute Gasteiger partial charge is 0.328 e. The third kappa shape index (κ3) is 11.7. The van der Waals surface area contributed by atoms with Gasteiger partial charge in [0.05, 0.1) is 5.56 Å². The molecule has 1 aromatic heterocycles. The van der Waals surface area contributed by atoms with Crippen molar-refractivity contribution in [2.75, 3.05) is 26.2 Å². The van der Waals surface area contributed by atoms with Crippen molar-refractivity contribution < 1.29 is 34.5 Å². The van der Waals surface area contributed by atoms with Gasteiger partial charge in [0, 0.05) is 24.8 Å². The van der Waals surface area contributed by atoms with Gasteiger partial charge in [-0.15, -0.1) is 0 Å². The molecule has 2 rings (SSSR count). The molecule has 1 saturated heterocycles. The van der Waals surface area contributed by atoms with Gasteiger partial charge in [-0.25, -0.2) is 9.59 Å². The molecule has 0 radical (unpaired) electrons. The Morgan fingerprint density at radius 2 is 1.90 bits per heavy atom. The Bertz CT molecular complexity index is 705. The molecule has 10 nitrogen and oxygen atoms in total. The van der Waals surface area contributed by atoms with E-state index in [4.69, 9.17) is 26.7 Å². The van der Waals surface area contributed by atoms with Gasteiger partial charge in [0.2, 0.25) is 0 Å². The van der Waals surface area contributed by atoms with Gasteiger partial charge in [0.1, 0.15) is 12.7 Å². The molecule has 3 N–H and O–H groups in total. The number of carboxylic acid groups (broad SMARTS) is 2. The lowest BCUT2D eigenvalue weighted by molar-refractivity contribution is -0.605. The fourth-order valence-electron chi connectivity index (χ4n) is 2.44. The van der Waals surface area contributed by atoms with Crippen molar-refractivity contribution in [2.45, 2.75) is 25.4 Å². The number of likely N-dealkylation sites (tertiary alicyclic amines) is 1. The molecule has 0 saturated carbocycles. The van der Waals surface area contributed by atoms with E-state index < -0.39 is 18.0 Å². The van der Waals surface area contributed by atoms with Crippen molar-refractivity contribution >= 4 is 28.7 Å². The molecule has 1 atom stereocenters. The van der Waals surface area contributed by atoms with E-state index >= 15 is 0 Å². The van der Waals surface area contributed by atoms with Gasteiger partial charge in [0.25, 0.3) is 0 Å². The Balaban J connectivity index is 0.000000447. The molecule has 2 heterocycles. The number of rotatable bonds is 8. The van der Waals surface area contributed by atoms with Crippen LogP contribution in [-0.2, 0) is 14.4 Å². The van der Waals surface area contributed by atoms with E-state index in [1.807, 2.05) is 0 Å². The van der Waals surface area contributed by atoms with Crippen LogP contribution in [0.15, 0.2) is 41.8 Å². The zero-order valence-corrected chi connectivity index (χ0v) is 16.4. The summed E-state index contributed by atoms with van der Waals surface area (Å²) in [5, 5.41) is 40.4. The summed E-state index contributed by atoms with van der Waals surface area (Å²) in [4.78, 5) is 26.4. The van der Waals surface area contributed by atoms with Gasteiger partial charge < -0.3 is 30.3 Å². The van der Waals surface area contributed by atoms with Gasteiger partial charge in [-0.05, 0) is 32.0 Å². The fourth-order valence-corrected chi connectivity index (χ4v) is 2.61. The number of pyridine rings is 1. The van der Waals surface area contributed by atoms with E-state index in [9.17, 15) is 19.9 Å². The zero-order valence-electron chi connectivity index (χ0n) is 15.7. The Labute approximate surface area is 172 Å². The summed E-state index contributed by atoms with van der Waals surface area (Å²) in [6.07, 6.45) is 6.80. The molecule has 0 bridgehead atoms. The molecule has 1 aromatic rings. The lowest BCUT2D eigenvalue weighted by Gasteiger charge is -2.27. The molecular weight excluding hydrogens is 406 g/mol. The van der Waals surface area contributed by atoms with Crippen molar-refractivity contribution in [3.05, 3.63) is 47.4 Å². The third-order valence-corrected chi connectivity index (χ3v) is 4.00. The summed E-state index contributed by atoms with van der Waals surface area (Å²) < 4.78 is 0.637. The number of hydrogen-bond donors (Lipinski definition) is 3. The summed E-state index contributed by atoms with van der Waals surface area (Å²) in [5.41, 5.74) is 0.472. The number of carbonyl (C=O) groups is 2. The predicted octanol–water partition coefficient (Wildman–Crippen LogP) is 0.796. The molecule has 160 valence electrons. The summed E-state index contributed by atoms with van der Waals surface area (Å²) in [5.74, 6) is -2.51. The summed E-state index contributed by atoms with van der Waals surface area (Å²) in [7, 11) is 0. The number of carboxylic acids is 2. The van der Waals surface area contributed by atoms with E-state index in [-0.39, 0.29) is 11.8 Å². The minimum absolute atomic E-state index is 0.0803. The standard InChI is InChI=1S/C14H20ClN3O3.C4H4O4/c15-14(12-5-4-8-18(20)9-12)16-21-11-13(19)10-17-6-2-1-3-7-17;5-3(6)1-2-4(7)8/h4-5,8-9,13,19H,1-3,6-7,10-11H2;1-2H,(H,5,6)(H,7,8)/b16-14-;2-1+. The Hall–Kier alpha value is -2.69. The SMILES string of the molecule is O=C(O)/C=C/C(=O)O.[O-][n+]1cccc(/C(Cl)=N/OCC(O)CN2CCCCC2)c1. The summed E-state index contributed by atoms with van der Waals surface area (Å²) in [6.45, 7) is 2.71. The van der Waals surface area contributed by atoms with E-state index in [0.717, 1.165) is 13.1 Å². The quantitative estimate of drug-likeness (QED) is 0.181. The number of β-amino-alcohol motifs (C(OH)–C–C–N with tert-alkyl or cyclic N) is 1. The number of aliphatic carboxylic acids is 2. The van der Waals surface area contributed by atoms with Crippen molar-refractivity contribution in [1.82, 2.24) is 4.90 Å². The lowest BCUT2D eigenvalue weighted by atomic mass is 10.1. The molecular formula is C18H24ClN3O7. The van der Waals surface area contributed by atoms with Gasteiger partial charge in [-0.3, -0.25) is 0 Å². The number of aliphatic hydroxyl groups is 1. The number of nitrogens with zero attached hydrogens (tertiary/aromatic N) is 3. The molecule has 1 fully saturated rings. The Morgan fingerprint density at radius 3 is 2.45 bits per heavy atom. The molecule has 1 aliphatic heterocycles. The first-order valence-corrected chi connectivity index (χ1v) is 9.24. The molecule has 1 unspecified atom stereocenters. The number of aliphatic hydroxyl groups excluding tert-OH is 1. The van der Waals surface area contributed by atoms with Gasteiger partial charge in [0.15, 0.2) is 17.6 Å². The second-order valence-corrected chi connectivity index (χ2v) is 6.51. The second kappa shape index (κ2) is 13.5. The maximum atomic E-state index is 11.1. The molecule has 0 spiro atoms. The van der Waals surface area contributed by atoms with Gasteiger partial charge >= 0.3 is 11.9 Å². The van der Waals surface area contributed by atoms with Crippen LogP contribution in [0.2, 0.25) is 0 Å². The van der Waals surface area contributed by atoms with Crippen LogP contribution in [0.1, 0.15) is 24.8 Å². The van der Waals surface area contributed by atoms with E-state index in [0.29, 0.717) is 29.0 Å². The number of aromatic nitrogens is 1. The Morgan fingerprint density at radius 1 is 1.28 bits per heavy atom. The highest BCUT2D eigenvalue weighted by Crippen LogP contribution is 2.09. The van der Waals surface area contributed by atoms with E-state index in [1.54, 1.807) is 12.1 Å². The van der Waals surface area contributed by atoms with Crippen LogP contribution in [0.3, 0.4) is 0 Å². The van der Waals surface area contributed by atoms with Crippen molar-refractivity contribution in [1.29, 1.82) is 0 Å². The topological polar surface area (TPSA) is 147 Å². The molecule has 0 aromatic carbocycles. The Kier molecular flexibility index (Phi) is 11.3. The molecule has 0 amide bonds. The van der Waals surface area contributed by atoms with Crippen LogP contribution in [0.4, 0.5) is 0 Å². The molecule has 29 heavy (non-hydrogen) atoms. The number of oxime groups is 1. The third-order valence-electron chi connectivity index (χ3n) is 3.71. The summed E-state index contributed by atoms with van der Waals surface area (Å²) in [6, 6.07) is 3.24. The normalized spacial score (nSPS) is 16.0. The molecule has 11 heteroatoms. The van der Waals surface area contributed by atoms with Crippen LogP contribution in [0.25, 0.3) is 0 Å². The van der Waals surface area contributed by atoms with Crippen LogP contribution < -0.4 is 4.73 Å². The highest BCUT2D eigenvalue weighted by atomic mass is 35.5. The van der Waals surface area contributed by atoms with Crippen molar-refractivity contribution in [3.63, 3.8) is 0 Å². The molecule has 0 aliphatic carbocycles. The van der Waals surface area contributed by atoms with Crippen molar-refractivity contribution in [2.24, 2.45) is 5.16 Å². The van der Waals surface area contributed by atoms with Crippen LogP contribution in [-0.4, -0.2) is 69.7 Å². The first-order chi connectivity index (χ1) is 13.8. The number of hydrogen-bond acceptors (Lipinski definition) is 7. The summed E-state index contributed by atoms with van der Waals surface area (Å²) >= 11 is 5.93. The van der Waals surface area contributed by atoms with Crippen LogP contribution >= 0.6 is 11.6 Å². The monoisotopic (exact) mass is 429 g/mol. The van der Waals surface area contributed by atoms with Crippen LogP contribution in [0, 0.1) is 5.21 Å². The lowest BCUT2D eigenvalue weighted by Crippen LogP contribution is -2.38. The van der Waals surface area contributed by atoms with Crippen LogP contribution in [0.5, 0.6) is 0 Å². The predicted molar refractivity (Wildman–Crippen MR) is 104 cm³/mol. The maximum Gasteiger partial charge on any atom is 0.328 e. The number of halogens is 1.